The Balaban J connectivity index is 1.63. The molecule has 0 saturated carbocycles. The molecule has 2 amide bonds. The molecular weight excluding hydrogens is 290 g/mol. The lowest BCUT2D eigenvalue weighted by atomic mass is 9.89. The Kier molecular flexibility index (Phi) is 4.96. The van der Waals surface area contributed by atoms with Gasteiger partial charge in [-0.05, 0) is 62.5 Å². The Morgan fingerprint density at radius 2 is 2.00 bits per heavy atom. The zero-order valence-electron chi connectivity index (χ0n) is 13.7. The van der Waals surface area contributed by atoms with Gasteiger partial charge in [-0.2, -0.15) is 0 Å². The SMILES string of the molecule is CCN1CCC(c2cccc(NC3CCC(=O)NC3=O)c2)CC1. The maximum absolute atomic E-state index is 11.9. The van der Waals surface area contributed by atoms with E-state index in [9.17, 15) is 9.59 Å². The second-order valence-electron chi connectivity index (χ2n) is 6.48. The predicted molar refractivity (Wildman–Crippen MR) is 90.3 cm³/mol. The lowest BCUT2D eigenvalue weighted by molar-refractivity contribution is -0.133. The second-order valence-corrected chi connectivity index (χ2v) is 6.48. The largest absolute Gasteiger partial charge is 0.374 e. The van der Waals surface area contributed by atoms with Crippen molar-refractivity contribution in [2.75, 3.05) is 25.0 Å². The standard InChI is InChI=1S/C18H25N3O2/c1-2-21-10-8-13(9-11-21)14-4-3-5-15(12-14)19-16-6-7-17(22)20-18(16)23/h3-5,12-13,16,19H,2,6-11H2,1H3,(H,20,22,23). The van der Waals surface area contributed by atoms with Crippen LogP contribution < -0.4 is 10.6 Å². The fourth-order valence-corrected chi connectivity index (χ4v) is 3.50. The maximum Gasteiger partial charge on any atom is 0.249 e. The zero-order chi connectivity index (χ0) is 16.2. The maximum atomic E-state index is 11.9. The number of hydrogen-bond donors (Lipinski definition) is 2. The Morgan fingerprint density at radius 3 is 2.70 bits per heavy atom. The average molecular weight is 315 g/mol. The monoisotopic (exact) mass is 315 g/mol. The van der Waals surface area contributed by atoms with Crippen molar-refractivity contribution in [3.8, 4) is 0 Å². The van der Waals surface area contributed by atoms with E-state index in [1.165, 1.54) is 18.4 Å². The summed E-state index contributed by atoms with van der Waals surface area (Å²) in [4.78, 5) is 25.6. The van der Waals surface area contributed by atoms with Crippen molar-refractivity contribution >= 4 is 17.5 Å². The van der Waals surface area contributed by atoms with Crippen LogP contribution in [0.3, 0.4) is 0 Å². The number of likely N-dealkylation sites (tertiary alicyclic amines) is 1. The van der Waals surface area contributed by atoms with E-state index >= 15 is 0 Å². The van der Waals surface area contributed by atoms with Gasteiger partial charge in [0.15, 0.2) is 0 Å². The molecule has 2 aliphatic heterocycles. The third-order valence-corrected chi connectivity index (χ3v) is 4.97. The Morgan fingerprint density at radius 1 is 1.22 bits per heavy atom. The predicted octanol–water partition coefficient (Wildman–Crippen LogP) is 2.10. The molecule has 2 fully saturated rings. The molecule has 2 heterocycles. The summed E-state index contributed by atoms with van der Waals surface area (Å²) in [5, 5.41) is 5.67. The topological polar surface area (TPSA) is 61.4 Å². The molecule has 0 spiro atoms. The van der Waals surface area contributed by atoms with Gasteiger partial charge in [0.25, 0.3) is 0 Å². The third kappa shape index (κ3) is 3.91. The van der Waals surface area contributed by atoms with Gasteiger partial charge >= 0.3 is 0 Å². The smallest absolute Gasteiger partial charge is 0.249 e. The van der Waals surface area contributed by atoms with Gasteiger partial charge in [-0.15, -0.1) is 0 Å². The first-order chi connectivity index (χ1) is 11.2. The van der Waals surface area contributed by atoms with E-state index in [1.54, 1.807) is 0 Å². The van der Waals surface area contributed by atoms with E-state index in [0.717, 1.165) is 25.3 Å². The summed E-state index contributed by atoms with van der Waals surface area (Å²) >= 11 is 0. The van der Waals surface area contributed by atoms with Crippen LogP contribution in [0.1, 0.15) is 44.1 Å². The summed E-state index contributed by atoms with van der Waals surface area (Å²) in [5.41, 5.74) is 2.31. The number of amides is 2. The van der Waals surface area contributed by atoms with Crippen LogP contribution >= 0.6 is 0 Å². The summed E-state index contributed by atoms with van der Waals surface area (Å²) in [6.45, 7) is 5.66. The molecule has 124 valence electrons. The number of benzene rings is 1. The first-order valence-electron chi connectivity index (χ1n) is 8.58. The van der Waals surface area contributed by atoms with Crippen molar-refractivity contribution < 1.29 is 9.59 Å². The van der Waals surface area contributed by atoms with Crippen LogP contribution in [0.2, 0.25) is 0 Å². The number of carbonyl (C=O) groups excluding carboxylic acids is 2. The highest BCUT2D eigenvalue weighted by molar-refractivity contribution is 6.01. The quantitative estimate of drug-likeness (QED) is 0.835. The molecule has 1 aromatic carbocycles. The number of imide groups is 1. The minimum Gasteiger partial charge on any atom is -0.374 e. The molecule has 0 bridgehead atoms. The number of nitrogens with zero attached hydrogens (tertiary/aromatic N) is 1. The number of anilines is 1. The van der Waals surface area contributed by atoms with E-state index in [1.807, 2.05) is 6.07 Å². The van der Waals surface area contributed by atoms with Crippen LogP contribution in [-0.4, -0.2) is 42.4 Å². The van der Waals surface area contributed by atoms with Gasteiger partial charge in [0.2, 0.25) is 11.8 Å². The number of rotatable bonds is 4. The van der Waals surface area contributed by atoms with Gasteiger partial charge in [0.05, 0.1) is 0 Å². The molecule has 5 heteroatoms. The first-order valence-corrected chi connectivity index (χ1v) is 8.58. The summed E-state index contributed by atoms with van der Waals surface area (Å²) in [5.74, 6) is 0.203. The van der Waals surface area contributed by atoms with Gasteiger partial charge in [0, 0.05) is 12.1 Å². The van der Waals surface area contributed by atoms with Crippen molar-refractivity contribution in [1.29, 1.82) is 0 Å². The normalized spacial score (nSPS) is 23.6. The van der Waals surface area contributed by atoms with Crippen molar-refractivity contribution in [1.82, 2.24) is 10.2 Å². The van der Waals surface area contributed by atoms with Crippen LogP contribution in [0.4, 0.5) is 5.69 Å². The van der Waals surface area contributed by atoms with Crippen molar-refractivity contribution in [2.45, 2.75) is 44.6 Å². The number of hydrogen-bond acceptors (Lipinski definition) is 4. The van der Waals surface area contributed by atoms with E-state index in [-0.39, 0.29) is 17.9 Å². The Hall–Kier alpha value is -1.88. The van der Waals surface area contributed by atoms with Crippen LogP contribution in [0.15, 0.2) is 24.3 Å². The average Bonchev–Trinajstić information content (AvgIpc) is 2.58. The molecule has 3 rings (SSSR count). The van der Waals surface area contributed by atoms with Gasteiger partial charge in [-0.3, -0.25) is 14.9 Å². The van der Waals surface area contributed by atoms with Crippen molar-refractivity contribution in [3.63, 3.8) is 0 Å². The lowest BCUT2D eigenvalue weighted by Crippen LogP contribution is -2.47. The Bertz CT molecular complexity index is 579. The van der Waals surface area contributed by atoms with Gasteiger partial charge < -0.3 is 10.2 Å². The molecule has 2 N–H and O–H groups in total. The van der Waals surface area contributed by atoms with E-state index in [0.29, 0.717) is 18.8 Å². The summed E-state index contributed by atoms with van der Waals surface area (Å²) in [6.07, 6.45) is 3.34. The third-order valence-electron chi connectivity index (χ3n) is 4.97. The summed E-state index contributed by atoms with van der Waals surface area (Å²) < 4.78 is 0. The van der Waals surface area contributed by atoms with Crippen molar-refractivity contribution in [2.24, 2.45) is 0 Å². The molecule has 0 aromatic heterocycles. The molecule has 1 unspecified atom stereocenters. The van der Waals surface area contributed by atoms with E-state index in [2.05, 4.69) is 40.7 Å². The summed E-state index contributed by atoms with van der Waals surface area (Å²) in [7, 11) is 0. The molecule has 0 radical (unpaired) electrons. The zero-order valence-corrected chi connectivity index (χ0v) is 13.7. The van der Waals surface area contributed by atoms with Gasteiger partial charge in [-0.1, -0.05) is 19.1 Å². The van der Waals surface area contributed by atoms with Crippen LogP contribution in [0.5, 0.6) is 0 Å². The highest BCUT2D eigenvalue weighted by Crippen LogP contribution is 2.29. The second kappa shape index (κ2) is 7.13. The molecule has 2 saturated heterocycles. The minimum atomic E-state index is -0.315. The van der Waals surface area contributed by atoms with Crippen LogP contribution in [-0.2, 0) is 9.59 Å². The number of carbonyl (C=O) groups is 2. The Labute approximate surface area is 137 Å². The van der Waals surface area contributed by atoms with Gasteiger partial charge in [0.1, 0.15) is 6.04 Å². The molecular formula is C18H25N3O2. The molecule has 5 nitrogen and oxygen atoms in total. The molecule has 1 atom stereocenters. The highest BCUT2D eigenvalue weighted by Gasteiger charge is 2.26. The lowest BCUT2D eigenvalue weighted by Gasteiger charge is -2.31. The van der Waals surface area contributed by atoms with E-state index in [4.69, 9.17) is 0 Å². The van der Waals surface area contributed by atoms with E-state index < -0.39 is 0 Å². The fourth-order valence-electron chi connectivity index (χ4n) is 3.50. The first kappa shape index (κ1) is 16.0. The van der Waals surface area contributed by atoms with Crippen molar-refractivity contribution in [3.05, 3.63) is 29.8 Å². The number of piperidine rings is 2. The van der Waals surface area contributed by atoms with Crippen LogP contribution in [0, 0.1) is 0 Å². The number of nitrogens with one attached hydrogen (secondary N) is 2. The molecule has 0 aliphatic carbocycles. The summed E-state index contributed by atoms with van der Waals surface area (Å²) in [6, 6.07) is 8.08. The highest BCUT2D eigenvalue weighted by atomic mass is 16.2. The minimum absolute atomic E-state index is 0.176. The molecule has 23 heavy (non-hydrogen) atoms. The molecule has 2 aliphatic rings. The van der Waals surface area contributed by atoms with Gasteiger partial charge in [-0.25, -0.2) is 0 Å². The fraction of sp³-hybridized carbons (Fsp3) is 0.556. The van der Waals surface area contributed by atoms with Crippen LogP contribution in [0.25, 0.3) is 0 Å². The molecule has 1 aromatic rings.